The highest BCUT2D eigenvalue weighted by Gasteiger charge is 1.99. The van der Waals surface area contributed by atoms with E-state index in [2.05, 4.69) is 0 Å². The van der Waals surface area contributed by atoms with Gasteiger partial charge in [-0.25, -0.2) is 0 Å². The highest BCUT2D eigenvalue weighted by atomic mass is 16.1. The van der Waals surface area contributed by atoms with Crippen molar-refractivity contribution in [3.05, 3.63) is 23.3 Å². The first-order valence-corrected chi connectivity index (χ1v) is 3.47. The van der Waals surface area contributed by atoms with Crippen LogP contribution < -0.4 is 0 Å². The van der Waals surface area contributed by atoms with Crippen LogP contribution in [-0.4, -0.2) is 25.1 Å². The minimum absolute atomic E-state index is 0.00444. The van der Waals surface area contributed by atoms with Crippen molar-refractivity contribution in [2.75, 3.05) is 0 Å². The van der Waals surface area contributed by atoms with E-state index in [-0.39, 0.29) is 17.6 Å². The van der Waals surface area contributed by atoms with Crippen molar-refractivity contribution in [1.82, 2.24) is 0 Å². The molecule has 4 heteroatoms. The summed E-state index contributed by atoms with van der Waals surface area (Å²) in [7, 11) is 0. The van der Waals surface area contributed by atoms with Crippen LogP contribution in [0.4, 0.5) is 0 Å². The van der Waals surface area contributed by atoms with Crippen LogP contribution in [0.2, 0.25) is 0 Å². The third-order valence-corrected chi connectivity index (χ3v) is 1.28. The summed E-state index contributed by atoms with van der Waals surface area (Å²) < 4.78 is 0. The Morgan fingerprint density at radius 3 is 1.38 bits per heavy atom. The Kier molecular flexibility index (Phi) is 5.88. The molecule has 0 heterocycles. The van der Waals surface area contributed by atoms with Gasteiger partial charge in [0.2, 0.25) is 0 Å². The second-order valence-corrected chi connectivity index (χ2v) is 2.17. The fraction of sp³-hybridized carbons (Fsp3) is 0.111. The van der Waals surface area contributed by atoms with Gasteiger partial charge in [-0.3, -0.25) is 19.2 Å². The Balaban J connectivity index is 4.54. The lowest BCUT2D eigenvalue weighted by Crippen LogP contribution is -1.92. The third kappa shape index (κ3) is 4.58. The quantitative estimate of drug-likeness (QED) is 0.427. The Labute approximate surface area is 74.9 Å². The van der Waals surface area contributed by atoms with Gasteiger partial charge >= 0.3 is 0 Å². The van der Waals surface area contributed by atoms with Crippen molar-refractivity contribution in [2.45, 2.75) is 6.42 Å². The van der Waals surface area contributed by atoms with Crippen LogP contribution in [0.1, 0.15) is 6.42 Å². The molecule has 0 aliphatic heterocycles. The van der Waals surface area contributed by atoms with Gasteiger partial charge in [-0.1, -0.05) is 0 Å². The van der Waals surface area contributed by atoms with E-state index in [9.17, 15) is 19.2 Å². The number of hydrogen-bond donors (Lipinski definition) is 0. The molecule has 0 aromatic rings. The van der Waals surface area contributed by atoms with Gasteiger partial charge in [-0.15, -0.1) is 0 Å². The number of allylic oxidation sites excluding steroid dienone is 4. The number of rotatable bonds is 6. The number of hydrogen-bond acceptors (Lipinski definition) is 4. The fourth-order valence-electron chi connectivity index (χ4n) is 0.690. The van der Waals surface area contributed by atoms with Crippen LogP contribution in [0, 0.1) is 0 Å². The maximum absolute atomic E-state index is 10.3. The summed E-state index contributed by atoms with van der Waals surface area (Å²) in [6.07, 6.45) is 3.95. The van der Waals surface area contributed by atoms with Gasteiger partial charge in [0.05, 0.1) is 0 Å². The summed E-state index contributed by atoms with van der Waals surface area (Å²) in [5, 5.41) is 0. The van der Waals surface area contributed by atoms with E-state index in [0.717, 1.165) is 12.2 Å². The molecule has 13 heavy (non-hydrogen) atoms. The van der Waals surface area contributed by atoms with Gasteiger partial charge in [0.15, 0.2) is 0 Å². The smallest absolute Gasteiger partial charge is 0.146 e. The minimum Gasteiger partial charge on any atom is -0.299 e. The molecule has 0 aliphatic carbocycles. The second-order valence-electron chi connectivity index (χ2n) is 2.17. The molecule has 0 aromatic carbocycles. The van der Waals surface area contributed by atoms with Crippen molar-refractivity contribution in [3.8, 4) is 0 Å². The second kappa shape index (κ2) is 6.84. The molecule has 0 saturated heterocycles. The molecule has 0 N–H and O–H groups in total. The molecule has 0 rings (SSSR count). The molecular weight excluding hydrogens is 172 g/mol. The van der Waals surface area contributed by atoms with Crippen LogP contribution in [-0.2, 0) is 19.2 Å². The van der Waals surface area contributed by atoms with Gasteiger partial charge in [0, 0.05) is 6.42 Å². The maximum atomic E-state index is 10.3. The average Bonchev–Trinajstić information content (AvgIpc) is 2.16. The molecule has 4 nitrogen and oxygen atoms in total. The minimum atomic E-state index is 0.00444. The maximum Gasteiger partial charge on any atom is 0.146 e. The lowest BCUT2D eigenvalue weighted by Gasteiger charge is -1.95. The molecule has 0 amide bonds. The zero-order valence-electron chi connectivity index (χ0n) is 6.80. The first-order chi connectivity index (χ1) is 6.28. The number of carbonyl (C=O) groups excluding carboxylic acids is 4. The topological polar surface area (TPSA) is 68.3 Å². The third-order valence-electron chi connectivity index (χ3n) is 1.28. The van der Waals surface area contributed by atoms with Crippen molar-refractivity contribution < 1.29 is 19.2 Å². The summed E-state index contributed by atoms with van der Waals surface area (Å²) in [5.41, 5.74) is 0.324. The van der Waals surface area contributed by atoms with Crippen molar-refractivity contribution >= 4 is 25.1 Å². The molecule has 68 valence electrons. The SMILES string of the molecule is O=C/C=C(\C=O)C/C(C=O)=C/C=O. The van der Waals surface area contributed by atoms with E-state index in [0.29, 0.717) is 25.1 Å². The van der Waals surface area contributed by atoms with Crippen molar-refractivity contribution in [1.29, 1.82) is 0 Å². The molecule has 0 aliphatic rings. The zero-order chi connectivity index (χ0) is 10.1. The van der Waals surface area contributed by atoms with Crippen LogP contribution in [0.3, 0.4) is 0 Å². The van der Waals surface area contributed by atoms with E-state index in [1.54, 1.807) is 0 Å². The van der Waals surface area contributed by atoms with E-state index in [1.807, 2.05) is 0 Å². The van der Waals surface area contributed by atoms with Gasteiger partial charge < -0.3 is 0 Å². The zero-order valence-corrected chi connectivity index (χ0v) is 6.80. The lowest BCUT2D eigenvalue weighted by molar-refractivity contribution is -0.107. The Hall–Kier alpha value is -1.84. The van der Waals surface area contributed by atoms with E-state index in [4.69, 9.17) is 0 Å². The Morgan fingerprint density at radius 2 is 1.15 bits per heavy atom. The van der Waals surface area contributed by atoms with E-state index in [1.165, 1.54) is 0 Å². The average molecular weight is 180 g/mol. The predicted octanol–water partition coefficient (Wildman–Crippen LogP) is 0.0249. The van der Waals surface area contributed by atoms with E-state index >= 15 is 0 Å². The molecule has 0 bridgehead atoms. The number of aldehydes is 4. The Bertz CT molecular complexity index is 245. The first-order valence-electron chi connectivity index (χ1n) is 3.47. The van der Waals surface area contributed by atoms with Crippen LogP contribution in [0.15, 0.2) is 23.3 Å². The highest BCUT2D eigenvalue weighted by molar-refractivity contribution is 5.87. The summed E-state index contributed by atoms with van der Waals surface area (Å²) in [6, 6.07) is 0. The van der Waals surface area contributed by atoms with Crippen LogP contribution in [0.25, 0.3) is 0 Å². The van der Waals surface area contributed by atoms with E-state index < -0.39 is 0 Å². The number of carbonyl (C=O) groups is 4. The fourth-order valence-corrected chi connectivity index (χ4v) is 0.690. The van der Waals surface area contributed by atoms with Gasteiger partial charge in [0.25, 0.3) is 0 Å². The summed E-state index contributed by atoms with van der Waals surface area (Å²) in [5.74, 6) is 0. The normalized spacial score (nSPS) is 12.0. The molecule has 0 atom stereocenters. The van der Waals surface area contributed by atoms with Gasteiger partial charge in [-0.2, -0.15) is 0 Å². The van der Waals surface area contributed by atoms with Gasteiger partial charge in [0.1, 0.15) is 25.1 Å². The summed E-state index contributed by atoms with van der Waals surface area (Å²) in [6.45, 7) is 0. The summed E-state index contributed by atoms with van der Waals surface area (Å²) in [4.78, 5) is 40.6. The van der Waals surface area contributed by atoms with Crippen LogP contribution >= 0.6 is 0 Å². The molecule has 0 radical (unpaired) electrons. The molecular formula is C9H8O4. The van der Waals surface area contributed by atoms with Gasteiger partial charge in [-0.05, 0) is 23.3 Å². The lowest BCUT2D eigenvalue weighted by atomic mass is 10.1. The molecule has 0 fully saturated rings. The standard InChI is InChI=1S/C9H8O4/c10-3-1-8(6-12)5-9(7-13)2-4-11/h1-4,6-7H,5H2/b8-1-,9-2-. The summed E-state index contributed by atoms with van der Waals surface area (Å²) >= 11 is 0. The van der Waals surface area contributed by atoms with Crippen molar-refractivity contribution in [3.63, 3.8) is 0 Å². The molecule has 0 saturated carbocycles. The predicted molar refractivity (Wildman–Crippen MR) is 45.0 cm³/mol. The highest BCUT2D eigenvalue weighted by Crippen LogP contribution is 2.05. The van der Waals surface area contributed by atoms with Crippen molar-refractivity contribution in [2.24, 2.45) is 0 Å². The van der Waals surface area contributed by atoms with Crippen LogP contribution in [0.5, 0.6) is 0 Å². The Morgan fingerprint density at radius 1 is 0.769 bits per heavy atom. The molecule has 0 unspecified atom stereocenters. The monoisotopic (exact) mass is 180 g/mol. The molecule has 0 spiro atoms. The largest absolute Gasteiger partial charge is 0.299 e. The first kappa shape index (κ1) is 11.2. The molecule has 0 aromatic heterocycles.